The molecule has 6 heteroatoms. The maximum Gasteiger partial charge on any atom is 0.211 e. The van der Waals surface area contributed by atoms with Crippen molar-refractivity contribution in [3.05, 3.63) is 58.7 Å². The van der Waals surface area contributed by atoms with Crippen LogP contribution >= 0.6 is 0 Å². The largest absolute Gasteiger partial charge is 0.496 e. The Morgan fingerprint density at radius 1 is 1.20 bits per heavy atom. The van der Waals surface area contributed by atoms with Gasteiger partial charge in [-0.1, -0.05) is 24.3 Å². The van der Waals surface area contributed by atoms with Gasteiger partial charge < -0.3 is 9.64 Å². The fourth-order valence-electron chi connectivity index (χ4n) is 4.96. The normalized spacial score (nSPS) is 18.4. The second kappa shape index (κ2) is 8.60. The first-order chi connectivity index (χ1) is 14.4. The molecule has 2 aromatic carbocycles. The zero-order valence-electron chi connectivity index (χ0n) is 18.2. The number of hydrogen-bond acceptors (Lipinski definition) is 4. The number of hydrogen-bond donors (Lipinski definition) is 0. The molecule has 2 aliphatic rings. The van der Waals surface area contributed by atoms with E-state index in [1.807, 2.05) is 12.1 Å². The van der Waals surface area contributed by atoms with Gasteiger partial charge in [0.15, 0.2) is 0 Å². The van der Waals surface area contributed by atoms with Crippen LogP contribution in [0.3, 0.4) is 0 Å². The summed E-state index contributed by atoms with van der Waals surface area (Å²) in [6.07, 6.45) is 6.21. The Labute approximate surface area is 180 Å². The standard InChI is InChI=1S/C24H32N2O3S/c1-25-14-13-19-16-18(10-11-23(19)25)12-15-26(30(3,27)28)17-20-6-4-8-22-21(20)7-5-9-24(22)29-2/h5,7,9-11,16,20H,4,6,8,12-15,17H2,1-3H3/t20-/m0/s1. The molecule has 0 saturated heterocycles. The van der Waals surface area contributed by atoms with Crippen LogP contribution in [0.25, 0.3) is 0 Å². The van der Waals surface area contributed by atoms with Gasteiger partial charge in [-0.05, 0) is 72.4 Å². The molecule has 0 aromatic heterocycles. The Morgan fingerprint density at radius 2 is 2.03 bits per heavy atom. The van der Waals surface area contributed by atoms with Crippen molar-refractivity contribution >= 4 is 15.7 Å². The van der Waals surface area contributed by atoms with E-state index in [9.17, 15) is 8.42 Å². The number of anilines is 1. The summed E-state index contributed by atoms with van der Waals surface area (Å²) in [5, 5.41) is 0. The van der Waals surface area contributed by atoms with Crippen molar-refractivity contribution in [2.75, 3.05) is 44.9 Å². The van der Waals surface area contributed by atoms with Gasteiger partial charge in [-0.25, -0.2) is 12.7 Å². The van der Waals surface area contributed by atoms with Crippen molar-refractivity contribution in [2.45, 2.75) is 38.0 Å². The van der Waals surface area contributed by atoms with Crippen LogP contribution in [-0.4, -0.2) is 52.8 Å². The highest BCUT2D eigenvalue weighted by Gasteiger charge is 2.28. The molecule has 0 radical (unpaired) electrons. The van der Waals surface area contributed by atoms with E-state index in [0.717, 1.165) is 44.4 Å². The van der Waals surface area contributed by atoms with Gasteiger partial charge in [0, 0.05) is 32.4 Å². The molecule has 0 amide bonds. The molecule has 5 nitrogen and oxygen atoms in total. The fraction of sp³-hybridized carbons (Fsp3) is 0.500. The minimum Gasteiger partial charge on any atom is -0.496 e. The Bertz CT molecular complexity index is 1020. The van der Waals surface area contributed by atoms with Gasteiger partial charge in [0.05, 0.1) is 13.4 Å². The molecule has 0 unspecified atom stereocenters. The number of likely N-dealkylation sites (N-methyl/N-ethyl adjacent to an activating group) is 1. The molecule has 30 heavy (non-hydrogen) atoms. The van der Waals surface area contributed by atoms with E-state index in [2.05, 4.69) is 36.2 Å². The van der Waals surface area contributed by atoms with Crippen molar-refractivity contribution in [3.63, 3.8) is 0 Å². The van der Waals surface area contributed by atoms with E-state index >= 15 is 0 Å². The van der Waals surface area contributed by atoms with Crippen LogP contribution in [0.15, 0.2) is 36.4 Å². The van der Waals surface area contributed by atoms with Gasteiger partial charge in [0.25, 0.3) is 0 Å². The highest BCUT2D eigenvalue weighted by molar-refractivity contribution is 7.88. The third-order valence-corrected chi connectivity index (χ3v) is 7.89. The Kier molecular flexibility index (Phi) is 6.07. The summed E-state index contributed by atoms with van der Waals surface area (Å²) >= 11 is 0. The van der Waals surface area contributed by atoms with E-state index in [0.29, 0.717) is 13.1 Å². The first-order valence-electron chi connectivity index (χ1n) is 10.8. The first-order valence-corrected chi connectivity index (χ1v) is 12.7. The number of methoxy groups -OCH3 is 1. The minimum atomic E-state index is -3.28. The van der Waals surface area contributed by atoms with Crippen LogP contribution in [0.5, 0.6) is 5.75 Å². The lowest BCUT2D eigenvalue weighted by molar-refractivity contribution is 0.363. The lowest BCUT2D eigenvalue weighted by Crippen LogP contribution is -2.36. The van der Waals surface area contributed by atoms with Crippen LogP contribution in [0.1, 0.15) is 41.0 Å². The van der Waals surface area contributed by atoms with E-state index in [1.54, 1.807) is 11.4 Å². The SMILES string of the molecule is COc1cccc2c1CCC[C@H]2CN(CCc1ccc2c(c1)CCN2C)S(C)(=O)=O. The molecule has 0 spiro atoms. The number of sulfonamides is 1. The van der Waals surface area contributed by atoms with Crippen LogP contribution in [0.4, 0.5) is 5.69 Å². The highest BCUT2D eigenvalue weighted by Crippen LogP contribution is 2.37. The Balaban J connectivity index is 1.50. The van der Waals surface area contributed by atoms with Gasteiger partial charge in [-0.3, -0.25) is 0 Å². The van der Waals surface area contributed by atoms with E-state index in [-0.39, 0.29) is 5.92 Å². The minimum absolute atomic E-state index is 0.215. The lowest BCUT2D eigenvalue weighted by atomic mass is 9.82. The molecule has 4 rings (SSSR count). The summed E-state index contributed by atoms with van der Waals surface area (Å²) in [7, 11) is 0.545. The fourth-order valence-corrected chi connectivity index (χ4v) is 5.84. The molecule has 0 N–H and O–H groups in total. The average molecular weight is 429 g/mol. The van der Waals surface area contributed by atoms with Gasteiger partial charge in [-0.2, -0.15) is 0 Å². The van der Waals surface area contributed by atoms with Crippen molar-refractivity contribution in [2.24, 2.45) is 0 Å². The number of fused-ring (bicyclic) bond motifs is 2. The van der Waals surface area contributed by atoms with Gasteiger partial charge in [0.1, 0.15) is 5.75 Å². The highest BCUT2D eigenvalue weighted by atomic mass is 32.2. The van der Waals surface area contributed by atoms with Crippen molar-refractivity contribution in [1.29, 1.82) is 0 Å². The average Bonchev–Trinajstić information content (AvgIpc) is 3.10. The van der Waals surface area contributed by atoms with E-state index in [1.165, 1.54) is 34.2 Å². The summed E-state index contributed by atoms with van der Waals surface area (Å²) in [6.45, 7) is 2.11. The molecule has 162 valence electrons. The zero-order chi connectivity index (χ0) is 21.3. The van der Waals surface area contributed by atoms with E-state index in [4.69, 9.17) is 4.74 Å². The topological polar surface area (TPSA) is 49.9 Å². The third kappa shape index (κ3) is 4.35. The van der Waals surface area contributed by atoms with Crippen LogP contribution in [0, 0.1) is 0 Å². The van der Waals surface area contributed by atoms with Crippen molar-refractivity contribution in [1.82, 2.24) is 4.31 Å². The molecule has 0 bridgehead atoms. The second-order valence-electron chi connectivity index (χ2n) is 8.62. The van der Waals surface area contributed by atoms with Gasteiger partial charge >= 0.3 is 0 Å². The lowest BCUT2D eigenvalue weighted by Gasteiger charge is -2.31. The number of benzene rings is 2. The molecule has 1 heterocycles. The van der Waals surface area contributed by atoms with Crippen LogP contribution in [0.2, 0.25) is 0 Å². The predicted octanol–water partition coefficient (Wildman–Crippen LogP) is 3.61. The number of nitrogens with zero attached hydrogens (tertiary/aromatic N) is 2. The quantitative estimate of drug-likeness (QED) is 0.676. The number of rotatable bonds is 7. The molecule has 1 aliphatic carbocycles. The Morgan fingerprint density at radius 3 is 2.80 bits per heavy atom. The molecule has 0 saturated carbocycles. The monoisotopic (exact) mass is 428 g/mol. The molecular formula is C24H32N2O3S. The molecule has 1 atom stereocenters. The second-order valence-corrected chi connectivity index (χ2v) is 10.6. The zero-order valence-corrected chi connectivity index (χ0v) is 19.0. The van der Waals surface area contributed by atoms with Gasteiger partial charge in [-0.15, -0.1) is 0 Å². The smallest absolute Gasteiger partial charge is 0.211 e. The molecule has 1 aliphatic heterocycles. The van der Waals surface area contributed by atoms with E-state index < -0.39 is 10.0 Å². The Hall–Kier alpha value is -2.05. The maximum atomic E-state index is 12.6. The molecular weight excluding hydrogens is 396 g/mol. The third-order valence-electron chi connectivity index (χ3n) is 6.62. The summed E-state index contributed by atoms with van der Waals surface area (Å²) < 4.78 is 32.4. The van der Waals surface area contributed by atoms with Gasteiger partial charge in [0.2, 0.25) is 10.0 Å². The summed E-state index contributed by atoms with van der Waals surface area (Å²) in [5.41, 5.74) is 6.37. The van der Waals surface area contributed by atoms with Crippen molar-refractivity contribution < 1.29 is 13.2 Å². The molecule has 2 aromatic rings. The van der Waals surface area contributed by atoms with Crippen molar-refractivity contribution in [3.8, 4) is 5.75 Å². The summed E-state index contributed by atoms with van der Waals surface area (Å²) in [5.74, 6) is 1.14. The van der Waals surface area contributed by atoms with Crippen LogP contribution in [-0.2, 0) is 29.3 Å². The summed E-state index contributed by atoms with van der Waals surface area (Å²) in [4.78, 5) is 2.27. The predicted molar refractivity (Wildman–Crippen MR) is 122 cm³/mol. The summed E-state index contributed by atoms with van der Waals surface area (Å²) in [6, 6.07) is 12.7. The number of ether oxygens (including phenoxy) is 1. The maximum absolute atomic E-state index is 12.6. The first kappa shape index (κ1) is 21.2. The van der Waals surface area contributed by atoms with Crippen LogP contribution < -0.4 is 9.64 Å². The molecule has 0 fully saturated rings.